The minimum Gasteiger partial charge on any atom is -0.374 e. The fourth-order valence-corrected chi connectivity index (χ4v) is 1.52. The van der Waals surface area contributed by atoms with Crippen molar-refractivity contribution in [1.82, 2.24) is 10.6 Å². The van der Waals surface area contributed by atoms with Gasteiger partial charge >= 0.3 is 0 Å². The summed E-state index contributed by atoms with van der Waals surface area (Å²) >= 11 is 0. The first-order valence-corrected chi connectivity index (χ1v) is 5.56. The van der Waals surface area contributed by atoms with E-state index in [1.165, 1.54) is 0 Å². The van der Waals surface area contributed by atoms with Gasteiger partial charge in [0.1, 0.15) is 0 Å². The van der Waals surface area contributed by atoms with Gasteiger partial charge in [0.15, 0.2) is 0 Å². The molecule has 88 valence electrons. The molecule has 1 amide bonds. The normalized spacial score (nSPS) is 22.5. The Morgan fingerprint density at radius 3 is 2.80 bits per heavy atom. The van der Waals surface area contributed by atoms with E-state index in [9.17, 15) is 4.79 Å². The Morgan fingerprint density at radius 2 is 2.27 bits per heavy atom. The molecular weight excluding hydrogens is 192 g/mol. The number of morpholine rings is 1. The first-order chi connectivity index (χ1) is 6.97. The van der Waals surface area contributed by atoms with E-state index < -0.39 is 0 Å². The van der Waals surface area contributed by atoms with E-state index in [0.717, 1.165) is 19.7 Å². The van der Waals surface area contributed by atoms with Crippen LogP contribution in [0.25, 0.3) is 0 Å². The van der Waals surface area contributed by atoms with Gasteiger partial charge in [0.2, 0.25) is 5.91 Å². The first kappa shape index (κ1) is 12.5. The van der Waals surface area contributed by atoms with Crippen LogP contribution >= 0.6 is 0 Å². The fourth-order valence-electron chi connectivity index (χ4n) is 1.52. The van der Waals surface area contributed by atoms with Gasteiger partial charge in [0.25, 0.3) is 0 Å². The summed E-state index contributed by atoms with van der Waals surface area (Å²) in [6.07, 6.45) is 0.690. The van der Waals surface area contributed by atoms with Gasteiger partial charge in [-0.25, -0.2) is 0 Å². The molecular formula is C11H22N2O2. The Labute approximate surface area is 91.8 Å². The van der Waals surface area contributed by atoms with E-state index in [4.69, 9.17) is 4.74 Å². The van der Waals surface area contributed by atoms with E-state index in [2.05, 4.69) is 31.4 Å². The maximum Gasteiger partial charge on any atom is 0.220 e. The summed E-state index contributed by atoms with van der Waals surface area (Å²) in [5.74, 6) is 0.108. The van der Waals surface area contributed by atoms with Crippen molar-refractivity contribution in [2.45, 2.75) is 33.3 Å². The predicted molar refractivity (Wildman–Crippen MR) is 59.7 cm³/mol. The maximum absolute atomic E-state index is 11.5. The molecule has 0 radical (unpaired) electrons. The zero-order valence-electron chi connectivity index (χ0n) is 9.93. The van der Waals surface area contributed by atoms with Crippen LogP contribution in [0, 0.1) is 5.41 Å². The van der Waals surface area contributed by atoms with Crippen LogP contribution in [-0.4, -0.2) is 38.3 Å². The van der Waals surface area contributed by atoms with E-state index in [1.54, 1.807) is 0 Å². The fraction of sp³-hybridized carbons (Fsp3) is 0.909. The summed E-state index contributed by atoms with van der Waals surface area (Å²) in [6, 6.07) is 0. The van der Waals surface area contributed by atoms with Gasteiger partial charge in [0, 0.05) is 26.1 Å². The van der Waals surface area contributed by atoms with Crippen molar-refractivity contribution in [2.24, 2.45) is 5.41 Å². The molecule has 0 aromatic heterocycles. The highest BCUT2D eigenvalue weighted by molar-refractivity contribution is 5.76. The quantitative estimate of drug-likeness (QED) is 0.720. The van der Waals surface area contributed by atoms with E-state index in [0.29, 0.717) is 13.0 Å². The first-order valence-electron chi connectivity index (χ1n) is 5.56. The lowest BCUT2D eigenvalue weighted by atomic mass is 9.92. The second-order valence-corrected chi connectivity index (χ2v) is 5.24. The highest BCUT2D eigenvalue weighted by Crippen LogP contribution is 2.17. The van der Waals surface area contributed by atoms with Crippen molar-refractivity contribution >= 4 is 5.91 Å². The molecule has 1 saturated heterocycles. The topological polar surface area (TPSA) is 50.4 Å². The summed E-state index contributed by atoms with van der Waals surface area (Å²) in [5.41, 5.74) is 0.0513. The molecule has 0 aromatic carbocycles. The molecule has 1 aliphatic rings. The molecule has 15 heavy (non-hydrogen) atoms. The number of carbonyl (C=O) groups is 1. The van der Waals surface area contributed by atoms with Crippen LogP contribution < -0.4 is 10.6 Å². The Hall–Kier alpha value is -0.610. The second kappa shape index (κ2) is 5.47. The SMILES string of the molecule is CC(C)(C)CC(=O)NCC1CNCCO1. The smallest absolute Gasteiger partial charge is 0.220 e. The Balaban J connectivity index is 2.15. The van der Waals surface area contributed by atoms with Gasteiger partial charge in [-0.3, -0.25) is 4.79 Å². The van der Waals surface area contributed by atoms with Crippen molar-refractivity contribution in [3.05, 3.63) is 0 Å². The molecule has 1 aliphatic heterocycles. The van der Waals surface area contributed by atoms with Gasteiger partial charge in [0.05, 0.1) is 12.7 Å². The van der Waals surface area contributed by atoms with Crippen molar-refractivity contribution < 1.29 is 9.53 Å². The minimum absolute atomic E-state index is 0.0513. The molecule has 1 rings (SSSR count). The third-order valence-corrected chi connectivity index (χ3v) is 2.22. The molecule has 0 bridgehead atoms. The molecule has 0 saturated carbocycles. The maximum atomic E-state index is 11.5. The van der Waals surface area contributed by atoms with Gasteiger partial charge in [-0.1, -0.05) is 20.8 Å². The van der Waals surface area contributed by atoms with Gasteiger partial charge in [-0.05, 0) is 5.41 Å². The van der Waals surface area contributed by atoms with Crippen LogP contribution in [0.3, 0.4) is 0 Å². The molecule has 2 N–H and O–H groups in total. The lowest BCUT2D eigenvalue weighted by Gasteiger charge is -2.24. The summed E-state index contributed by atoms with van der Waals surface area (Å²) in [7, 11) is 0. The molecule has 1 heterocycles. The molecule has 0 aliphatic carbocycles. The van der Waals surface area contributed by atoms with Crippen LogP contribution in [0.5, 0.6) is 0 Å². The van der Waals surface area contributed by atoms with Crippen LogP contribution in [0.15, 0.2) is 0 Å². The van der Waals surface area contributed by atoms with Crippen molar-refractivity contribution in [3.63, 3.8) is 0 Å². The standard InChI is InChI=1S/C11H22N2O2/c1-11(2,3)6-10(14)13-8-9-7-12-4-5-15-9/h9,12H,4-8H2,1-3H3,(H,13,14). The van der Waals surface area contributed by atoms with Crippen molar-refractivity contribution in [1.29, 1.82) is 0 Å². The molecule has 4 nitrogen and oxygen atoms in total. The average molecular weight is 214 g/mol. The summed E-state index contributed by atoms with van der Waals surface area (Å²) in [6.45, 7) is 9.27. The van der Waals surface area contributed by atoms with Crippen LogP contribution in [-0.2, 0) is 9.53 Å². The predicted octanol–water partition coefficient (Wildman–Crippen LogP) is 0.527. The second-order valence-electron chi connectivity index (χ2n) is 5.24. The minimum atomic E-state index is 0.0513. The average Bonchev–Trinajstić information content (AvgIpc) is 2.14. The lowest BCUT2D eigenvalue weighted by Crippen LogP contribution is -2.45. The molecule has 1 unspecified atom stereocenters. The zero-order chi connectivity index (χ0) is 11.3. The molecule has 0 aromatic rings. The molecule has 4 heteroatoms. The summed E-state index contributed by atoms with van der Waals surface area (Å²) in [4.78, 5) is 11.5. The lowest BCUT2D eigenvalue weighted by molar-refractivity contribution is -0.123. The highest BCUT2D eigenvalue weighted by atomic mass is 16.5. The Kier molecular flexibility index (Phi) is 4.54. The van der Waals surface area contributed by atoms with Crippen LogP contribution in [0.4, 0.5) is 0 Å². The van der Waals surface area contributed by atoms with Crippen molar-refractivity contribution in [2.75, 3.05) is 26.2 Å². The van der Waals surface area contributed by atoms with Crippen LogP contribution in [0.1, 0.15) is 27.2 Å². The van der Waals surface area contributed by atoms with Gasteiger partial charge in [-0.15, -0.1) is 0 Å². The Morgan fingerprint density at radius 1 is 1.53 bits per heavy atom. The largest absolute Gasteiger partial charge is 0.374 e. The Bertz CT molecular complexity index is 205. The third-order valence-electron chi connectivity index (χ3n) is 2.22. The summed E-state index contributed by atoms with van der Waals surface area (Å²) < 4.78 is 5.48. The number of ether oxygens (including phenoxy) is 1. The number of hydrogen-bond acceptors (Lipinski definition) is 3. The molecule has 1 atom stereocenters. The van der Waals surface area contributed by atoms with E-state index >= 15 is 0 Å². The number of carbonyl (C=O) groups excluding carboxylic acids is 1. The van der Waals surface area contributed by atoms with Gasteiger partial charge in [-0.2, -0.15) is 0 Å². The van der Waals surface area contributed by atoms with Crippen molar-refractivity contribution in [3.8, 4) is 0 Å². The number of amides is 1. The molecule has 1 fully saturated rings. The number of nitrogens with one attached hydrogen (secondary N) is 2. The van der Waals surface area contributed by atoms with Gasteiger partial charge < -0.3 is 15.4 Å². The highest BCUT2D eigenvalue weighted by Gasteiger charge is 2.18. The van der Waals surface area contributed by atoms with E-state index in [1.807, 2.05) is 0 Å². The van der Waals surface area contributed by atoms with Crippen LogP contribution in [0.2, 0.25) is 0 Å². The monoisotopic (exact) mass is 214 g/mol. The van der Waals surface area contributed by atoms with E-state index in [-0.39, 0.29) is 17.4 Å². The number of rotatable bonds is 3. The number of hydrogen-bond donors (Lipinski definition) is 2. The molecule has 0 spiro atoms. The zero-order valence-corrected chi connectivity index (χ0v) is 9.93. The summed E-state index contributed by atoms with van der Waals surface area (Å²) in [5, 5.41) is 6.14. The third kappa shape index (κ3) is 5.74.